The van der Waals surface area contributed by atoms with E-state index in [-0.39, 0.29) is 12.1 Å². The van der Waals surface area contributed by atoms with Crippen LogP contribution in [0.1, 0.15) is 35.8 Å². The lowest BCUT2D eigenvalue weighted by atomic mass is 9.94. The van der Waals surface area contributed by atoms with Crippen molar-refractivity contribution in [2.75, 3.05) is 13.1 Å². The Labute approximate surface area is 135 Å². The SMILES string of the molecule is Cn1ccnc1C1CCN(C(=O)NC2CCc3[nH]ncc3C2)C1. The number of aromatic amines is 1. The van der Waals surface area contributed by atoms with E-state index in [1.807, 2.05) is 35.1 Å². The molecular formula is C16H22N6O. The lowest BCUT2D eigenvalue weighted by Gasteiger charge is -2.26. The van der Waals surface area contributed by atoms with E-state index in [2.05, 4.69) is 20.5 Å². The van der Waals surface area contributed by atoms with Crippen molar-refractivity contribution in [3.05, 3.63) is 35.7 Å². The van der Waals surface area contributed by atoms with Gasteiger partial charge in [-0.05, 0) is 31.2 Å². The normalized spacial score (nSPS) is 23.8. The molecule has 3 heterocycles. The zero-order valence-electron chi connectivity index (χ0n) is 13.3. The molecular weight excluding hydrogens is 292 g/mol. The van der Waals surface area contributed by atoms with E-state index in [0.717, 1.165) is 44.6 Å². The first-order chi connectivity index (χ1) is 11.2. The molecule has 4 rings (SSSR count). The molecule has 2 aliphatic rings. The molecule has 2 amide bonds. The quantitative estimate of drug-likeness (QED) is 0.874. The van der Waals surface area contributed by atoms with Gasteiger partial charge in [-0.3, -0.25) is 5.10 Å². The molecule has 2 aromatic rings. The Hall–Kier alpha value is -2.31. The number of aromatic nitrogens is 4. The largest absolute Gasteiger partial charge is 0.338 e. The summed E-state index contributed by atoms with van der Waals surface area (Å²) < 4.78 is 2.05. The van der Waals surface area contributed by atoms with Gasteiger partial charge in [0, 0.05) is 50.2 Å². The van der Waals surface area contributed by atoms with Gasteiger partial charge in [-0.15, -0.1) is 0 Å². The summed E-state index contributed by atoms with van der Waals surface area (Å²) in [5.41, 5.74) is 2.44. The van der Waals surface area contributed by atoms with Gasteiger partial charge in [0.15, 0.2) is 0 Å². The fraction of sp³-hybridized carbons (Fsp3) is 0.562. The van der Waals surface area contributed by atoms with E-state index in [4.69, 9.17) is 0 Å². The van der Waals surface area contributed by atoms with Crippen molar-refractivity contribution >= 4 is 6.03 Å². The number of rotatable bonds is 2. The molecule has 1 aliphatic heterocycles. The summed E-state index contributed by atoms with van der Waals surface area (Å²) in [6.07, 6.45) is 9.43. The maximum atomic E-state index is 12.5. The Morgan fingerprint density at radius 1 is 1.43 bits per heavy atom. The lowest BCUT2D eigenvalue weighted by molar-refractivity contribution is 0.202. The maximum absolute atomic E-state index is 12.5. The number of amides is 2. The predicted octanol–water partition coefficient (Wildman–Crippen LogP) is 1.20. The van der Waals surface area contributed by atoms with E-state index < -0.39 is 0 Å². The number of hydrogen-bond acceptors (Lipinski definition) is 3. The standard InChI is InChI=1S/C16H22N6O/c1-21-7-5-17-15(21)11-4-6-22(10-11)16(23)19-13-2-3-14-12(8-13)9-18-20-14/h5,7,9,11,13H,2-4,6,8,10H2,1H3,(H,18,20)(H,19,23). The number of likely N-dealkylation sites (tertiary alicyclic amines) is 1. The van der Waals surface area contributed by atoms with E-state index in [1.54, 1.807) is 0 Å². The topological polar surface area (TPSA) is 78.8 Å². The number of nitrogens with zero attached hydrogens (tertiary/aromatic N) is 4. The molecule has 122 valence electrons. The van der Waals surface area contributed by atoms with Crippen molar-refractivity contribution in [2.24, 2.45) is 7.05 Å². The molecule has 0 aromatic carbocycles. The van der Waals surface area contributed by atoms with Crippen LogP contribution in [0.5, 0.6) is 0 Å². The van der Waals surface area contributed by atoms with E-state index >= 15 is 0 Å². The number of urea groups is 1. The summed E-state index contributed by atoms with van der Waals surface area (Å²) in [5.74, 6) is 1.41. The van der Waals surface area contributed by atoms with Crippen LogP contribution in [0.25, 0.3) is 0 Å². The second-order valence-electron chi connectivity index (χ2n) is 6.59. The van der Waals surface area contributed by atoms with Gasteiger partial charge in [0.2, 0.25) is 0 Å². The minimum Gasteiger partial charge on any atom is -0.338 e. The molecule has 1 aliphatic carbocycles. The third-order valence-corrected chi connectivity index (χ3v) is 5.04. The number of carbonyl (C=O) groups is 1. The average molecular weight is 314 g/mol. The summed E-state index contributed by atoms with van der Waals surface area (Å²) in [6.45, 7) is 1.55. The van der Waals surface area contributed by atoms with Gasteiger partial charge in [0.1, 0.15) is 5.82 Å². The number of fused-ring (bicyclic) bond motifs is 1. The van der Waals surface area contributed by atoms with Crippen molar-refractivity contribution in [2.45, 2.75) is 37.6 Å². The van der Waals surface area contributed by atoms with E-state index in [0.29, 0.717) is 5.92 Å². The summed E-state index contributed by atoms with van der Waals surface area (Å²) in [6, 6.07) is 0.262. The molecule has 0 bridgehead atoms. The maximum Gasteiger partial charge on any atom is 0.317 e. The van der Waals surface area contributed by atoms with Crippen LogP contribution in [0.2, 0.25) is 0 Å². The van der Waals surface area contributed by atoms with Crippen molar-refractivity contribution in [1.82, 2.24) is 30.0 Å². The highest BCUT2D eigenvalue weighted by molar-refractivity contribution is 5.75. The average Bonchev–Trinajstić information content (AvgIpc) is 3.25. The van der Waals surface area contributed by atoms with Crippen LogP contribution in [-0.2, 0) is 19.9 Å². The number of nitrogens with one attached hydrogen (secondary N) is 2. The van der Waals surface area contributed by atoms with Gasteiger partial charge in [0.05, 0.1) is 6.20 Å². The molecule has 2 N–H and O–H groups in total. The number of hydrogen-bond donors (Lipinski definition) is 2. The van der Waals surface area contributed by atoms with E-state index in [1.165, 1.54) is 11.3 Å². The highest BCUT2D eigenvalue weighted by atomic mass is 16.2. The minimum atomic E-state index is 0.0543. The second-order valence-corrected chi connectivity index (χ2v) is 6.59. The van der Waals surface area contributed by atoms with Gasteiger partial charge >= 0.3 is 6.03 Å². The molecule has 0 saturated carbocycles. The summed E-state index contributed by atoms with van der Waals surface area (Å²) in [5, 5.41) is 10.3. The minimum absolute atomic E-state index is 0.0543. The van der Waals surface area contributed by atoms with Crippen LogP contribution < -0.4 is 5.32 Å². The Morgan fingerprint density at radius 3 is 3.17 bits per heavy atom. The fourth-order valence-corrected chi connectivity index (χ4v) is 3.73. The molecule has 23 heavy (non-hydrogen) atoms. The Bertz CT molecular complexity index is 705. The lowest BCUT2D eigenvalue weighted by Crippen LogP contribution is -2.45. The molecule has 2 aromatic heterocycles. The van der Waals surface area contributed by atoms with E-state index in [9.17, 15) is 4.79 Å². The smallest absolute Gasteiger partial charge is 0.317 e. The van der Waals surface area contributed by atoms with Gasteiger partial charge < -0.3 is 14.8 Å². The summed E-state index contributed by atoms with van der Waals surface area (Å²) in [7, 11) is 2.01. The Balaban J connectivity index is 1.35. The first-order valence-corrected chi connectivity index (χ1v) is 8.24. The third-order valence-electron chi connectivity index (χ3n) is 5.04. The molecule has 2 atom stereocenters. The number of imidazole rings is 1. The molecule has 2 unspecified atom stereocenters. The van der Waals surface area contributed by atoms with Crippen LogP contribution in [0.15, 0.2) is 18.6 Å². The fourth-order valence-electron chi connectivity index (χ4n) is 3.73. The Morgan fingerprint density at radius 2 is 2.35 bits per heavy atom. The van der Waals surface area contributed by atoms with Crippen LogP contribution in [0.3, 0.4) is 0 Å². The number of H-pyrrole nitrogens is 1. The van der Waals surface area contributed by atoms with Crippen molar-refractivity contribution < 1.29 is 4.79 Å². The van der Waals surface area contributed by atoms with Gasteiger partial charge in [0.25, 0.3) is 0 Å². The van der Waals surface area contributed by atoms with Crippen LogP contribution in [-0.4, -0.2) is 49.8 Å². The summed E-state index contributed by atoms with van der Waals surface area (Å²) >= 11 is 0. The van der Waals surface area contributed by atoms with Crippen LogP contribution in [0.4, 0.5) is 4.79 Å². The van der Waals surface area contributed by atoms with Gasteiger partial charge in [-0.1, -0.05) is 0 Å². The highest BCUT2D eigenvalue weighted by Crippen LogP contribution is 2.26. The zero-order chi connectivity index (χ0) is 15.8. The number of carbonyl (C=O) groups excluding carboxylic acids is 1. The van der Waals surface area contributed by atoms with Crippen molar-refractivity contribution in [3.8, 4) is 0 Å². The Kier molecular flexibility index (Phi) is 3.55. The zero-order valence-corrected chi connectivity index (χ0v) is 13.3. The monoisotopic (exact) mass is 314 g/mol. The van der Waals surface area contributed by atoms with Crippen LogP contribution in [0, 0.1) is 0 Å². The predicted molar refractivity (Wildman–Crippen MR) is 85.1 cm³/mol. The molecule has 0 radical (unpaired) electrons. The third kappa shape index (κ3) is 2.71. The van der Waals surface area contributed by atoms with Crippen molar-refractivity contribution in [1.29, 1.82) is 0 Å². The second kappa shape index (κ2) is 5.72. The molecule has 7 nitrogen and oxygen atoms in total. The molecule has 7 heteroatoms. The van der Waals surface area contributed by atoms with Crippen LogP contribution >= 0.6 is 0 Å². The molecule has 1 saturated heterocycles. The van der Waals surface area contributed by atoms with Crippen molar-refractivity contribution in [3.63, 3.8) is 0 Å². The molecule has 1 fully saturated rings. The first-order valence-electron chi connectivity index (χ1n) is 8.24. The summed E-state index contributed by atoms with van der Waals surface area (Å²) in [4.78, 5) is 18.9. The number of aryl methyl sites for hydroxylation is 2. The van der Waals surface area contributed by atoms with Gasteiger partial charge in [-0.2, -0.15) is 5.10 Å². The molecule has 0 spiro atoms. The highest BCUT2D eigenvalue weighted by Gasteiger charge is 2.31. The first kappa shape index (κ1) is 14.3. The van der Waals surface area contributed by atoms with Gasteiger partial charge in [-0.25, -0.2) is 9.78 Å².